The molecule has 0 spiro atoms. The van der Waals surface area contributed by atoms with Crippen LogP contribution in [0, 0.1) is 11.8 Å². The molecule has 30 nitrogen and oxygen atoms in total. The van der Waals surface area contributed by atoms with Gasteiger partial charge in [0.05, 0.1) is 64.1 Å². The van der Waals surface area contributed by atoms with Gasteiger partial charge in [0, 0.05) is 108 Å². The second kappa shape index (κ2) is 37.9. The van der Waals surface area contributed by atoms with E-state index in [1.165, 1.54) is 42.4 Å². The molecule has 0 radical (unpaired) electrons. The molecule has 34 heteroatoms. The molecule has 0 saturated carbocycles. The number of Topliss-reactive ketones (excluding diaryl/α,β-unsaturated/α-hetero) is 3. The maximum absolute atomic E-state index is 14.6. The number of carboxylic acids is 1. The predicted molar refractivity (Wildman–Crippen MR) is 410 cm³/mol. The van der Waals surface area contributed by atoms with E-state index < -0.39 is 123 Å². The van der Waals surface area contributed by atoms with E-state index in [0.29, 0.717) is 46.7 Å². The van der Waals surface area contributed by atoms with Gasteiger partial charge in [-0.05, 0) is 101 Å². The summed E-state index contributed by atoms with van der Waals surface area (Å²) in [5.41, 5.74) is 6.63. The van der Waals surface area contributed by atoms with Crippen LogP contribution in [0.2, 0.25) is 0 Å². The van der Waals surface area contributed by atoms with E-state index in [0.717, 1.165) is 43.5 Å². The van der Waals surface area contributed by atoms with Gasteiger partial charge >= 0.3 is 30.2 Å². The van der Waals surface area contributed by atoms with Crippen LogP contribution in [0.15, 0.2) is 82.4 Å². The van der Waals surface area contributed by atoms with Crippen molar-refractivity contribution in [3.05, 3.63) is 127 Å². The van der Waals surface area contributed by atoms with E-state index in [-0.39, 0.29) is 162 Å². The van der Waals surface area contributed by atoms with Gasteiger partial charge in [0.1, 0.15) is 50.1 Å². The summed E-state index contributed by atoms with van der Waals surface area (Å²) in [6.07, 6.45) is -2.23. The summed E-state index contributed by atoms with van der Waals surface area (Å²) in [6.45, 7) is 6.60. The Bertz CT molecular complexity index is 4710. The topological polar surface area (TPSA) is 424 Å². The second-order valence-corrected chi connectivity index (χ2v) is 32.3. The number of nitrogens with one attached hydrogen (secondary N) is 4. The second-order valence-electron chi connectivity index (χ2n) is 27.0. The number of aromatic nitrogens is 4. The fraction of sp³-hybridized carbons (Fsp3) is 0.474. The molecule has 7 atom stereocenters. The summed E-state index contributed by atoms with van der Waals surface area (Å²) in [5.74, 6) is -8.30. The van der Waals surface area contributed by atoms with Gasteiger partial charge in [-0.25, -0.2) is 29.1 Å². The number of hydrogen-bond donors (Lipinski definition) is 6. The molecule has 586 valence electrons. The van der Waals surface area contributed by atoms with Gasteiger partial charge in [-0.15, -0.1) is 0 Å². The number of aliphatic carboxylic acids is 1. The molecule has 2 aromatic carbocycles. The number of nitrogens with zero attached hydrogens (tertiary/aromatic N) is 4. The highest BCUT2D eigenvalue weighted by molar-refractivity contribution is 8.77. The van der Waals surface area contributed by atoms with E-state index in [1.807, 2.05) is 60.7 Å². The number of ketones is 3. The fourth-order valence-electron chi connectivity index (χ4n) is 13.9. The molecule has 0 aliphatic carbocycles. The zero-order valence-corrected chi connectivity index (χ0v) is 64.7. The first kappa shape index (κ1) is 82.8. The number of unbranched alkanes of at least 4 members (excludes halogenated alkanes) is 2. The van der Waals surface area contributed by atoms with E-state index in [1.54, 1.807) is 35.1 Å². The molecule has 110 heavy (non-hydrogen) atoms. The lowest BCUT2D eigenvalue weighted by atomic mass is 9.83. The van der Waals surface area contributed by atoms with E-state index >= 15 is 0 Å². The summed E-state index contributed by atoms with van der Waals surface area (Å²) in [5, 5.41) is 22.0. The lowest BCUT2D eigenvalue weighted by Gasteiger charge is -2.35. The first-order chi connectivity index (χ1) is 52.8. The van der Waals surface area contributed by atoms with Crippen LogP contribution >= 0.6 is 43.2 Å². The average molecular weight is 1590 g/mol. The minimum Gasteiger partial charge on any atom is -0.481 e. The van der Waals surface area contributed by atoms with Crippen LogP contribution in [0.25, 0.3) is 44.6 Å². The molecule has 6 aromatic rings. The number of carboxylic acid groups (broad SMARTS) is 1. The number of rotatable bonds is 40. The monoisotopic (exact) mass is 1590 g/mol. The molecule has 4 aromatic heterocycles. The van der Waals surface area contributed by atoms with Gasteiger partial charge < -0.3 is 69.7 Å². The molecule has 10 rings (SSSR count). The first-order valence-corrected chi connectivity index (χ1v) is 41.2. The van der Waals surface area contributed by atoms with Crippen LogP contribution in [0.4, 0.5) is 9.59 Å². The number of para-hydroxylation sites is 2. The molecule has 0 bridgehead atoms. The number of pyridine rings is 4. The number of carbonyl (C=O) groups is 12. The summed E-state index contributed by atoms with van der Waals surface area (Å²) < 4.78 is 36.5. The average Bonchev–Trinajstić information content (AvgIpc) is 1.51. The Morgan fingerprint density at radius 2 is 1.06 bits per heavy atom. The third-order valence-corrected chi connectivity index (χ3v) is 24.4. The highest BCUT2D eigenvalue weighted by atomic mass is 33.1. The minimum atomic E-state index is -2.04. The molecule has 8 heterocycles. The van der Waals surface area contributed by atoms with Crippen LogP contribution in [0.3, 0.4) is 0 Å². The quantitative estimate of drug-likeness (QED) is 0.00923. The number of amides is 4. The molecular weight excluding hydrogens is 1500 g/mol. The minimum absolute atomic E-state index is 0.0218. The van der Waals surface area contributed by atoms with Crippen LogP contribution in [0.5, 0.6) is 0 Å². The normalized spacial score (nSPS) is 17.0. The van der Waals surface area contributed by atoms with Crippen molar-refractivity contribution in [3.63, 3.8) is 0 Å². The van der Waals surface area contributed by atoms with Crippen molar-refractivity contribution in [2.75, 3.05) is 49.3 Å². The molecule has 0 fully saturated rings. The van der Waals surface area contributed by atoms with E-state index in [9.17, 15) is 72.2 Å². The van der Waals surface area contributed by atoms with Gasteiger partial charge in [-0.1, -0.05) is 99.8 Å². The molecule has 7 N–H and O–H groups in total. The van der Waals surface area contributed by atoms with Crippen LogP contribution in [-0.4, -0.2) is 163 Å². The third kappa shape index (κ3) is 19.6. The Morgan fingerprint density at radius 1 is 0.582 bits per heavy atom. The first-order valence-electron chi connectivity index (χ1n) is 36.3. The number of ether oxygens (including phenoxy) is 6. The molecule has 0 unspecified atom stereocenters. The molecule has 4 aliphatic rings. The van der Waals surface area contributed by atoms with Crippen molar-refractivity contribution >= 4 is 136 Å². The van der Waals surface area contributed by atoms with Crippen molar-refractivity contribution in [1.82, 2.24) is 40.4 Å². The van der Waals surface area contributed by atoms with Crippen LogP contribution in [-0.2, 0) is 114 Å². The number of fused-ring (bicyclic) bond motifs is 10. The Balaban J connectivity index is 0.724. The Kier molecular flexibility index (Phi) is 28.5. The maximum Gasteiger partial charge on any atom is 0.509 e. The zero-order valence-electron chi connectivity index (χ0n) is 61.4. The highest BCUT2D eigenvalue weighted by Gasteiger charge is 2.53. The van der Waals surface area contributed by atoms with Crippen molar-refractivity contribution < 1.29 is 91.1 Å². The molecule has 4 aliphatic heterocycles. The Hall–Kier alpha value is -9.64. The van der Waals surface area contributed by atoms with Gasteiger partial charge in [0.2, 0.25) is 34.8 Å². The van der Waals surface area contributed by atoms with Crippen molar-refractivity contribution in [3.8, 4) is 22.8 Å². The van der Waals surface area contributed by atoms with Crippen LogP contribution < -0.4 is 38.1 Å². The number of hydrogen-bond acceptors (Lipinski definition) is 27. The van der Waals surface area contributed by atoms with E-state index in [2.05, 4.69) is 21.3 Å². The van der Waals surface area contributed by atoms with Crippen molar-refractivity contribution in [1.29, 1.82) is 0 Å². The van der Waals surface area contributed by atoms with Gasteiger partial charge in [-0.2, -0.15) is 0 Å². The lowest BCUT2D eigenvalue weighted by molar-refractivity contribution is -0.175. The van der Waals surface area contributed by atoms with Gasteiger partial charge in [-0.3, -0.25) is 47.9 Å². The fourth-order valence-corrected chi connectivity index (χ4v) is 17.9. The number of carbonyl (C=O) groups excluding carboxylic acids is 11. The smallest absolute Gasteiger partial charge is 0.481 e. The van der Waals surface area contributed by atoms with Crippen molar-refractivity contribution in [2.45, 2.75) is 167 Å². The van der Waals surface area contributed by atoms with Gasteiger partial charge in [0.15, 0.2) is 5.78 Å². The van der Waals surface area contributed by atoms with Crippen LogP contribution in [0.1, 0.15) is 145 Å². The Labute approximate surface area is 647 Å². The Morgan fingerprint density at radius 3 is 1.54 bits per heavy atom. The number of cyclic esters (lactones) is 2. The standard InChI is InChI=1S/C76H87N9O21S4/c1-6-75(53-34-60-65-49(30-46-16-8-10-19-55(46)81-65)36-84(60)69(95)51(53)38-103-71(75)97)105-73(99)101-26-28-107-109-40-58(79-43(4)87)67(93)78-25-15-13-21-57(63(90)33-48(18-12-14-24-77)62(89)32-45(42(3)86)22-23-64(91)92)83-68(94)59(80-44(5)88)41-110-108-29-27-102-74(100)106-76(7-2)54-35-61-66-50(31-47-17-9-11-20-56(47)82-66)37-85(61)70(96)52(54)39-104-72(76)98/h8-11,16-17,19-20,30-31,34-35,45,48,57-59H,6-7,12-15,18,21-29,32-33,36-41,77H2,1-5H3,(H,78,93)(H,79,87)(H,80,88)(H,83,94)(H,91,92)/t45-,48-,57+,58-,59-,75+,76-/m1/s1. The number of nitrogens with two attached hydrogens (primary N) is 1. The summed E-state index contributed by atoms with van der Waals surface area (Å²) >= 11 is 0. The summed E-state index contributed by atoms with van der Waals surface area (Å²) in [4.78, 5) is 198. The third-order valence-electron chi connectivity index (χ3n) is 19.6. The van der Waals surface area contributed by atoms with E-state index in [4.69, 9.17) is 44.1 Å². The maximum atomic E-state index is 14.6. The summed E-state index contributed by atoms with van der Waals surface area (Å²) in [7, 11) is 4.67. The van der Waals surface area contributed by atoms with Crippen molar-refractivity contribution in [2.24, 2.45) is 17.6 Å². The lowest BCUT2D eigenvalue weighted by Crippen LogP contribution is -2.52. The zero-order chi connectivity index (χ0) is 79.0. The van der Waals surface area contributed by atoms with Gasteiger partial charge in [0.25, 0.3) is 11.1 Å². The number of esters is 2. The molecular formula is C76H87N9O21S4. The summed E-state index contributed by atoms with van der Waals surface area (Å²) in [6, 6.07) is 18.7. The molecule has 4 amide bonds. The predicted octanol–water partition coefficient (Wildman–Crippen LogP) is 7.77. The molecule has 0 saturated heterocycles. The highest BCUT2D eigenvalue weighted by Crippen LogP contribution is 2.44. The number of benzene rings is 2. The SMILES string of the molecule is CC[C@]1(OC(=O)OCCSSC[C@@H](NC(C)=O)C(=O)N[C@@H](CCCCNC(=O)[C@@H](CSSCCOC(=O)O[C@]2(CC)C(=O)OCc3c2cc2n(c3=O)Cc3cc4ccccc4nc3-2)NC(C)=O)C(=O)C[C@@H](CCCCN)C(=O)C[C@@H](CCC(=O)O)C(C)=O)C(=O)OCc2c1cc1n(c2=O)Cc2cc3ccccc3nc2-1. The largest absolute Gasteiger partial charge is 0.509 e.